The number of amides is 2. The summed E-state index contributed by atoms with van der Waals surface area (Å²) >= 11 is 0. The summed E-state index contributed by atoms with van der Waals surface area (Å²) in [6.45, 7) is 2.97. The van der Waals surface area contributed by atoms with Crippen LogP contribution in [0.25, 0.3) is 10.8 Å². The summed E-state index contributed by atoms with van der Waals surface area (Å²) in [5.41, 5.74) is -1.21. The summed E-state index contributed by atoms with van der Waals surface area (Å²) in [4.78, 5) is 36.4. The fourth-order valence-corrected chi connectivity index (χ4v) is 2.38. The number of nitrogens with zero attached hydrogens (tertiary/aromatic N) is 1. The molecule has 1 aromatic heterocycles. The Balaban J connectivity index is 2.29. The van der Waals surface area contributed by atoms with Gasteiger partial charge in [-0.25, -0.2) is 4.79 Å². The number of pyridine rings is 1. The topological polar surface area (TPSA) is 89.4 Å². The molecule has 0 unspecified atom stereocenters. The van der Waals surface area contributed by atoms with Gasteiger partial charge in [0.2, 0.25) is 5.91 Å². The predicted octanol–water partition coefficient (Wildman–Crippen LogP) is 3.03. The molecule has 1 heterocycles. The van der Waals surface area contributed by atoms with Crippen LogP contribution in [0.1, 0.15) is 20.8 Å². The summed E-state index contributed by atoms with van der Waals surface area (Å²) in [6, 6.07) is 6.26. The number of rotatable bonds is 4. The first kappa shape index (κ1) is 21.3. The average Bonchev–Trinajstić information content (AvgIpc) is 2.53. The molecule has 0 bridgehead atoms. The van der Waals surface area contributed by atoms with Crippen LogP contribution in [0.5, 0.6) is 0 Å². The van der Waals surface area contributed by atoms with Crippen LogP contribution in [0.3, 0.4) is 0 Å². The first-order valence-electron chi connectivity index (χ1n) is 8.31. The molecule has 152 valence electrons. The Hall–Kier alpha value is -3.04. The number of carbonyl (C=O) groups excluding carboxylic acids is 2. The summed E-state index contributed by atoms with van der Waals surface area (Å²) < 4.78 is 42.7. The molecule has 1 aromatic carbocycles. The number of hydrogen-bond donors (Lipinski definition) is 2. The third kappa shape index (κ3) is 6.00. The number of carbonyl (C=O) groups is 2. The quantitative estimate of drug-likeness (QED) is 0.827. The van der Waals surface area contributed by atoms with Crippen molar-refractivity contribution in [3.8, 4) is 0 Å². The van der Waals surface area contributed by atoms with Gasteiger partial charge in [-0.05, 0) is 38.3 Å². The minimum atomic E-state index is -4.55. The minimum absolute atomic E-state index is 0.111. The van der Waals surface area contributed by atoms with Crippen LogP contribution in [-0.2, 0) is 16.1 Å². The van der Waals surface area contributed by atoms with Gasteiger partial charge in [0.25, 0.3) is 5.56 Å². The molecule has 0 aliphatic rings. The summed E-state index contributed by atoms with van der Waals surface area (Å²) in [5, 5.41) is 4.79. The van der Waals surface area contributed by atoms with Crippen molar-refractivity contribution < 1.29 is 27.5 Å². The summed E-state index contributed by atoms with van der Waals surface area (Å²) in [6.07, 6.45) is -4.01. The van der Waals surface area contributed by atoms with Crippen molar-refractivity contribution in [2.45, 2.75) is 39.1 Å². The van der Waals surface area contributed by atoms with Crippen LogP contribution in [0.15, 0.2) is 35.3 Å². The van der Waals surface area contributed by atoms with Gasteiger partial charge in [-0.3, -0.25) is 14.9 Å². The molecule has 7 nitrogen and oxygen atoms in total. The first-order valence-corrected chi connectivity index (χ1v) is 8.31. The second-order valence-electron chi connectivity index (χ2n) is 7.04. The minimum Gasteiger partial charge on any atom is -0.444 e. The standard InChI is InChI=1S/C18H20F3N3O4/c1-17(2,3)28-16(27)23-12-6-4-5-11-7-8-24(15(26)14(11)12)9-13(25)22-10-18(19,20)21/h4-8H,9-10H2,1-3H3,(H,22,25)(H,23,27). The lowest BCUT2D eigenvalue weighted by Gasteiger charge is -2.20. The van der Waals surface area contributed by atoms with E-state index in [1.54, 1.807) is 38.2 Å². The molecular formula is C18H20F3N3O4. The molecule has 2 aromatic rings. The molecule has 2 rings (SSSR count). The molecular weight excluding hydrogens is 379 g/mol. The van der Waals surface area contributed by atoms with Gasteiger partial charge in [0.05, 0.1) is 11.1 Å². The molecule has 0 spiro atoms. The highest BCUT2D eigenvalue weighted by molar-refractivity contribution is 5.99. The zero-order valence-corrected chi connectivity index (χ0v) is 15.5. The van der Waals surface area contributed by atoms with E-state index < -0.39 is 42.4 Å². The van der Waals surface area contributed by atoms with E-state index in [1.165, 1.54) is 18.3 Å². The Labute approximate surface area is 158 Å². The van der Waals surface area contributed by atoms with Crippen LogP contribution in [-0.4, -0.2) is 34.9 Å². The monoisotopic (exact) mass is 399 g/mol. The van der Waals surface area contributed by atoms with Crippen LogP contribution in [0.2, 0.25) is 0 Å². The lowest BCUT2D eigenvalue weighted by Crippen LogP contribution is -2.37. The van der Waals surface area contributed by atoms with Crippen LogP contribution < -0.4 is 16.2 Å². The second-order valence-corrected chi connectivity index (χ2v) is 7.04. The molecule has 0 radical (unpaired) electrons. The maximum Gasteiger partial charge on any atom is 0.412 e. The van der Waals surface area contributed by atoms with Crippen molar-refractivity contribution in [1.82, 2.24) is 9.88 Å². The fourth-order valence-electron chi connectivity index (χ4n) is 2.38. The molecule has 10 heteroatoms. The summed E-state index contributed by atoms with van der Waals surface area (Å²) in [5.74, 6) is -0.962. The number of benzene rings is 1. The van der Waals surface area contributed by atoms with Crippen LogP contribution in [0, 0.1) is 0 Å². The molecule has 2 amide bonds. The molecule has 0 atom stereocenters. The molecule has 0 saturated heterocycles. The van der Waals surface area contributed by atoms with Gasteiger partial charge in [0.15, 0.2) is 0 Å². The van der Waals surface area contributed by atoms with Crippen molar-refractivity contribution in [3.63, 3.8) is 0 Å². The molecule has 2 N–H and O–H groups in total. The third-order valence-corrected chi connectivity index (χ3v) is 3.44. The zero-order valence-electron chi connectivity index (χ0n) is 15.5. The first-order chi connectivity index (χ1) is 12.9. The van der Waals surface area contributed by atoms with E-state index in [1.807, 2.05) is 0 Å². The van der Waals surface area contributed by atoms with Gasteiger partial charge in [-0.1, -0.05) is 12.1 Å². The number of fused-ring (bicyclic) bond motifs is 1. The van der Waals surface area contributed by atoms with Crippen molar-refractivity contribution in [2.24, 2.45) is 0 Å². The van der Waals surface area contributed by atoms with Gasteiger partial charge in [0, 0.05) is 6.20 Å². The Bertz CT molecular complexity index is 946. The van der Waals surface area contributed by atoms with Crippen molar-refractivity contribution in [3.05, 3.63) is 40.8 Å². The number of alkyl halides is 3. The molecule has 0 fully saturated rings. The number of ether oxygens (including phenoxy) is 1. The van der Waals surface area contributed by atoms with E-state index in [0.717, 1.165) is 4.57 Å². The number of nitrogens with one attached hydrogen (secondary N) is 2. The fraction of sp³-hybridized carbons (Fsp3) is 0.389. The number of hydrogen-bond acceptors (Lipinski definition) is 4. The van der Waals surface area contributed by atoms with E-state index in [9.17, 15) is 27.6 Å². The molecule has 0 saturated carbocycles. The van der Waals surface area contributed by atoms with Crippen molar-refractivity contribution in [1.29, 1.82) is 0 Å². The average molecular weight is 399 g/mol. The predicted molar refractivity (Wildman–Crippen MR) is 97.1 cm³/mol. The van der Waals surface area contributed by atoms with E-state index in [0.29, 0.717) is 5.39 Å². The van der Waals surface area contributed by atoms with Crippen LogP contribution in [0.4, 0.5) is 23.7 Å². The van der Waals surface area contributed by atoms with E-state index in [2.05, 4.69) is 5.32 Å². The zero-order chi connectivity index (χ0) is 21.1. The molecule has 28 heavy (non-hydrogen) atoms. The van der Waals surface area contributed by atoms with Crippen molar-refractivity contribution in [2.75, 3.05) is 11.9 Å². The van der Waals surface area contributed by atoms with E-state index >= 15 is 0 Å². The molecule has 0 aliphatic heterocycles. The van der Waals surface area contributed by atoms with Crippen LogP contribution >= 0.6 is 0 Å². The Morgan fingerprint density at radius 2 is 1.82 bits per heavy atom. The van der Waals surface area contributed by atoms with Crippen molar-refractivity contribution >= 4 is 28.5 Å². The lowest BCUT2D eigenvalue weighted by molar-refractivity contribution is -0.138. The van der Waals surface area contributed by atoms with E-state index in [4.69, 9.17) is 4.74 Å². The maximum atomic E-state index is 12.7. The Morgan fingerprint density at radius 3 is 2.43 bits per heavy atom. The Morgan fingerprint density at radius 1 is 1.14 bits per heavy atom. The highest BCUT2D eigenvalue weighted by Crippen LogP contribution is 2.21. The summed E-state index contributed by atoms with van der Waals surface area (Å²) in [7, 11) is 0. The largest absolute Gasteiger partial charge is 0.444 e. The van der Waals surface area contributed by atoms with Gasteiger partial charge in [-0.2, -0.15) is 13.2 Å². The number of anilines is 1. The highest BCUT2D eigenvalue weighted by Gasteiger charge is 2.27. The third-order valence-electron chi connectivity index (χ3n) is 3.44. The lowest BCUT2D eigenvalue weighted by atomic mass is 10.1. The number of aromatic nitrogens is 1. The van der Waals surface area contributed by atoms with Gasteiger partial charge >= 0.3 is 12.3 Å². The normalized spacial score (nSPS) is 11.9. The highest BCUT2D eigenvalue weighted by atomic mass is 19.4. The SMILES string of the molecule is CC(C)(C)OC(=O)Nc1cccc2ccn(CC(=O)NCC(F)(F)F)c(=O)c12. The smallest absolute Gasteiger partial charge is 0.412 e. The van der Waals surface area contributed by atoms with Gasteiger partial charge < -0.3 is 14.6 Å². The Kier molecular flexibility index (Phi) is 6.01. The maximum absolute atomic E-state index is 12.7. The second kappa shape index (κ2) is 7.91. The van der Waals surface area contributed by atoms with Gasteiger partial charge in [-0.15, -0.1) is 0 Å². The molecule has 0 aliphatic carbocycles. The van der Waals surface area contributed by atoms with E-state index in [-0.39, 0.29) is 11.1 Å². The number of halogens is 3. The van der Waals surface area contributed by atoms with Gasteiger partial charge in [0.1, 0.15) is 18.7 Å².